The van der Waals surface area contributed by atoms with Gasteiger partial charge in [0.25, 0.3) is 5.91 Å². The summed E-state index contributed by atoms with van der Waals surface area (Å²) < 4.78 is 0. The molecule has 0 spiro atoms. The molecule has 1 aliphatic carbocycles. The minimum atomic E-state index is -0.615. The van der Waals surface area contributed by atoms with E-state index >= 15 is 0 Å². The molecule has 0 aliphatic heterocycles. The first-order valence-electron chi connectivity index (χ1n) is 6.34. The number of nitrogens with zero attached hydrogens (tertiary/aromatic N) is 1. The Labute approximate surface area is 121 Å². The third kappa shape index (κ3) is 2.40. The van der Waals surface area contributed by atoms with E-state index in [0.717, 1.165) is 11.1 Å². The molecular weight excluding hydrogens is 276 g/mol. The smallest absolute Gasteiger partial charge is 0.270 e. The second-order valence-electron chi connectivity index (χ2n) is 4.77. The highest BCUT2D eigenvalue weighted by atomic mass is 35.5. The number of aliphatic hydroxyl groups excluding tert-OH is 1. The van der Waals surface area contributed by atoms with Crippen LogP contribution in [0.15, 0.2) is 42.5 Å². The molecule has 102 valence electrons. The maximum atomic E-state index is 12.2. The van der Waals surface area contributed by atoms with E-state index in [9.17, 15) is 9.90 Å². The molecule has 5 heteroatoms. The number of nitrogens with one attached hydrogen (secondary N) is 1. The number of pyridine rings is 1. The second-order valence-corrected chi connectivity index (χ2v) is 5.15. The Hall–Kier alpha value is -1.91. The van der Waals surface area contributed by atoms with Gasteiger partial charge in [-0.1, -0.05) is 41.9 Å². The van der Waals surface area contributed by atoms with Crippen molar-refractivity contribution in [2.45, 2.75) is 18.6 Å². The summed E-state index contributed by atoms with van der Waals surface area (Å²) in [5.41, 5.74) is 2.26. The number of benzene rings is 1. The molecule has 0 radical (unpaired) electrons. The van der Waals surface area contributed by atoms with Crippen molar-refractivity contribution in [1.82, 2.24) is 10.3 Å². The van der Waals surface area contributed by atoms with Crippen molar-refractivity contribution >= 4 is 17.5 Å². The summed E-state index contributed by atoms with van der Waals surface area (Å²) in [7, 11) is 0. The first-order valence-corrected chi connectivity index (χ1v) is 6.72. The van der Waals surface area contributed by atoms with Gasteiger partial charge in [0.2, 0.25) is 0 Å². The fourth-order valence-corrected chi connectivity index (χ4v) is 2.66. The van der Waals surface area contributed by atoms with E-state index in [1.54, 1.807) is 18.2 Å². The minimum Gasteiger partial charge on any atom is -0.390 e. The fraction of sp³-hybridized carbons (Fsp3) is 0.200. The summed E-state index contributed by atoms with van der Waals surface area (Å²) in [4.78, 5) is 16.1. The van der Waals surface area contributed by atoms with Gasteiger partial charge in [0.15, 0.2) is 0 Å². The van der Waals surface area contributed by atoms with Crippen molar-refractivity contribution in [1.29, 1.82) is 0 Å². The monoisotopic (exact) mass is 288 g/mol. The molecule has 2 N–H and O–H groups in total. The van der Waals surface area contributed by atoms with Crippen LogP contribution in [-0.4, -0.2) is 22.1 Å². The first-order chi connectivity index (χ1) is 9.65. The molecule has 3 rings (SSSR count). The lowest BCUT2D eigenvalue weighted by atomic mass is 10.1. The lowest BCUT2D eigenvalue weighted by Crippen LogP contribution is -2.34. The molecule has 1 heterocycles. The van der Waals surface area contributed by atoms with Gasteiger partial charge in [-0.2, -0.15) is 0 Å². The Balaban J connectivity index is 1.83. The van der Waals surface area contributed by atoms with Crippen LogP contribution in [-0.2, 0) is 6.42 Å². The zero-order chi connectivity index (χ0) is 14.1. The van der Waals surface area contributed by atoms with Gasteiger partial charge in [-0.3, -0.25) is 4.79 Å². The molecule has 0 saturated carbocycles. The Bertz CT molecular complexity index is 660. The van der Waals surface area contributed by atoms with Gasteiger partial charge in [0, 0.05) is 6.42 Å². The number of carbonyl (C=O) groups is 1. The topological polar surface area (TPSA) is 62.2 Å². The van der Waals surface area contributed by atoms with Crippen molar-refractivity contribution in [3.05, 3.63) is 64.4 Å². The summed E-state index contributed by atoms with van der Waals surface area (Å²) in [6, 6.07) is 12.2. The van der Waals surface area contributed by atoms with Crippen molar-refractivity contribution in [2.75, 3.05) is 0 Å². The van der Waals surface area contributed by atoms with Crippen LogP contribution in [0.1, 0.15) is 27.7 Å². The van der Waals surface area contributed by atoms with Gasteiger partial charge >= 0.3 is 0 Å². The number of halogens is 1. The van der Waals surface area contributed by atoms with E-state index in [4.69, 9.17) is 11.6 Å². The Morgan fingerprint density at radius 3 is 2.85 bits per heavy atom. The number of hydrogen-bond donors (Lipinski definition) is 2. The lowest BCUT2D eigenvalue weighted by molar-refractivity contribution is 0.0853. The highest BCUT2D eigenvalue weighted by molar-refractivity contribution is 6.29. The number of carbonyl (C=O) groups excluding carboxylic acids is 1. The Morgan fingerprint density at radius 2 is 2.05 bits per heavy atom. The molecule has 1 aromatic heterocycles. The van der Waals surface area contributed by atoms with Gasteiger partial charge in [0.1, 0.15) is 10.8 Å². The van der Waals surface area contributed by atoms with E-state index < -0.39 is 12.1 Å². The number of amides is 1. The van der Waals surface area contributed by atoms with Gasteiger partial charge < -0.3 is 10.4 Å². The van der Waals surface area contributed by atoms with Gasteiger partial charge in [-0.05, 0) is 23.3 Å². The van der Waals surface area contributed by atoms with Crippen LogP contribution < -0.4 is 5.32 Å². The molecule has 20 heavy (non-hydrogen) atoms. The summed E-state index contributed by atoms with van der Waals surface area (Å²) in [6.45, 7) is 0. The van der Waals surface area contributed by atoms with Crippen molar-refractivity contribution < 1.29 is 9.90 Å². The molecule has 0 bridgehead atoms. The van der Waals surface area contributed by atoms with Crippen LogP contribution in [0, 0.1) is 0 Å². The summed E-state index contributed by atoms with van der Waals surface area (Å²) in [5, 5.41) is 13.2. The molecule has 1 amide bonds. The zero-order valence-electron chi connectivity index (χ0n) is 10.6. The predicted octanol–water partition coefficient (Wildman–Crippen LogP) is 2.12. The highest BCUT2D eigenvalue weighted by Gasteiger charge is 2.32. The van der Waals surface area contributed by atoms with Crippen LogP contribution in [0.2, 0.25) is 5.15 Å². The normalized spacial score (nSPS) is 20.5. The molecule has 2 aromatic rings. The Morgan fingerprint density at radius 1 is 1.25 bits per heavy atom. The van der Waals surface area contributed by atoms with Gasteiger partial charge in [-0.15, -0.1) is 0 Å². The largest absolute Gasteiger partial charge is 0.390 e. The Kier molecular flexibility index (Phi) is 3.42. The number of aromatic nitrogens is 1. The molecule has 0 unspecified atom stereocenters. The average Bonchev–Trinajstić information content (AvgIpc) is 2.75. The molecule has 4 nitrogen and oxygen atoms in total. The van der Waals surface area contributed by atoms with Gasteiger partial charge in [-0.25, -0.2) is 4.98 Å². The molecular formula is C15H13ClN2O2. The summed E-state index contributed by atoms with van der Waals surface area (Å²) in [6.07, 6.45) is -0.0695. The van der Waals surface area contributed by atoms with Crippen LogP contribution >= 0.6 is 11.6 Å². The standard InChI is InChI=1S/C15H13ClN2O2/c16-13-7-3-6-11(17-13)15(20)18-14-10-5-2-1-4-9(10)8-12(14)19/h1-7,12,14,19H,8H2,(H,18,20)/t12-,14+/m1/s1. The van der Waals surface area contributed by atoms with Crippen molar-refractivity contribution in [2.24, 2.45) is 0 Å². The zero-order valence-corrected chi connectivity index (χ0v) is 11.3. The summed E-state index contributed by atoms with van der Waals surface area (Å²) >= 11 is 5.77. The SMILES string of the molecule is O=C(N[C@H]1c2ccccc2C[C@H]1O)c1cccc(Cl)n1. The third-order valence-electron chi connectivity index (χ3n) is 3.44. The molecule has 0 fully saturated rings. The van der Waals surface area contributed by atoms with E-state index in [-0.39, 0.29) is 16.8 Å². The highest BCUT2D eigenvalue weighted by Crippen LogP contribution is 2.31. The van der Waals surface area contributed by atoms with Gasteiger partial charge in [0.05, 0.1) is 12.1 Å². The second kappa shape index (κ2) is 5.23. The maximum Gasteiger partial charge on any atom is 0.270 e. The maximum absolute atomic E-state index is 12.2. The van der Waals surface area contributed by atoms with E-state index in [1.165, 1.54) is 0 Å². The molecule has 1 aromatic carbocycles. The molecule has 2 atom stereocenters. The van der Waals surface area contributed by atoms with Crippen LogP contribution in [0.4, 0.5) is 0 Å². The predicted molar refractivity (Wildman–Crippen MR) is 75.6 cm³/mol. The number of rotatable bonds is 2. The molecule has 1 aliphatic rings. The van der Waals surface area contributed by atoms with Crippen LogP contribution in [0.25, 0.3) is 0 Å². The third-order valence-corrected chi connectivity index (χ3v) is 3.65. The van der Waals surface area contributed by atoms with E-state index in [0.29, 0.717) is 6.42 Å². The van der Waals surface area contributed by atoms with E-state index in [2.05, 4.69) is 10.3 Å². The summed E-state index contributed by atoms with van der Waals surface area (Å²) in [5.74, 6) is -0.340. The fourth-order valence-electron chi connectivity index (χ4n) is 2.50. The van der Waals surface area contributed by atoms with Crippen molar-refractivity contribution in [3.8, 4) is 0 Å². The average molecular weight is 289 g/mol. The number of hydrogen-bond acceptors (Lipinski definition) is 3. The first kappa shape index (κ1) is 13.1. The number of fused-ring (bicyclic) bond motifs is 1. The van der Waals surface area contributed by atoms with Crippen LogP contribution in [0.3, 0.4) is 0 Å². The quantitative estimate of drug-likeness (QED) is 0.832. The lowest BCUT2D eigenvalue weighted by Gasteiger charge is -2.17. The minimum absolute atomic E-state index is 0.245. The number of aliphatic hydroxyl groups is 1. The van der Waals surface area contributed by atoms with E-state index in [1.807, 2.05) is 24.3 Å². The molecule has 0 saturated heterocycles. The van der Waals surface area contributed by atoms with Crippen molar-refractivity contribution in [3.63, 3.8) is 0 Å². The van der Waals surface area contributed by atoms with Crippen LogP contribution in [0.5, 0.6) is 0 Å².